The summed E-state index contributed by atoms with van der Waals surface area (Å²) in [6.07, 6.45) is 7.22. The number of nitrogens with one attached hydrogen (secondary N) is 1. The third-order valence-electron chi connectivity index (χ3n) is 5.76. The Kier molecular flexibility index (Phi) is 4.89. The zero-order valence-electron chi connectivity index (χ0n) is 13.9. The van der Waals surface area contributed by atoms with Gasteiger partial charge in [-0.2, -0.15) is 0 Å². The van der Waals surface area contributed by atoms with E-state index in [2.05, 4.69) is 31.1 Å². The van der Waals surface area contributed by atoms with Crippen molar-refractivity contribution >= 4 is 0 Å². The highest BCUT2D eigenvalue weighted by molar-refractivity contribution is 4.98. The summed E-state index contributed by atoms with van der Waals surface area (Å²) in [4.78, 5) is 2.61. The van der Waals surface area contributed by atoms with Gasteiger partial charge in [-0.3, -0.25) is 4.90 Å². The number of ether oxygens (including phenoxy) is 2. The first-order chi connectivity index (χ1) is 10.2. The van der Waals surface area contributed by atoms with E-state index in [-0.39, 0.29) is 5.79 Å². The van der Waals surface area contributed by atoms with Gasteiger partial charge in [-0.1, -0.05) is 6.92 Å². The summed E-state index contributed by atoms with van der Waals surface area (Å²) in [5.41, 5.74) is 0. The Labute approximate surface area is 129 Å². The number of rotatable bonds is 6. The molecule has 4 heteroatoms. The Morgan fingerprint density at radius 3 is 2.57 bits per heavy atom. The van der Waals surface area contributed by atoms with Crippen molar-refractivity contribution in [2.75, 3.05) is 26.8 Å². The Balaban J connectivity index is 1.68. The molecule has 1 N–H and O–H groups in total. The quantitative estimate of drug-likeness (QED) is 0.816. The molecule has 2 aliphatic carbocycles. The van der Waals surface area contributed by atoms with Gasteiger partial charge >= 0.3 is 0 Å². The molecule has 1 spiro atoms. The van der Waals surface area contributed by atoms with Gasteiger partial charge in [-0.05, 0) is 52.1 Å². The molecule has 3 aliphatic rings. The molecule has 0 radical (unpaired) electrons. The summed E-state index contributed by atoms with van der Waals surface area (Å²) < 4.78 is 12.0. The number of hydrogen-bond acceptors (Lipinski definition) is 4. The monoisotopic (exact) mass is 296 g/mol. The van der Waals surface area contributed by atoms with Crippen LogP contribution in [0, 0.1) is 5.92 Å². The molecule has 3 unspecified atom stereocenters. The van der Waals surface area contributed by atoms with Gasteiger partial charge in [0.25, 0.3) is 0 Å². The Hall–Kier alpha value is -0.160. The van der Waals surface area contributed by atoms with Crippen LogP contribution in [-0.2, 0) is 9.47 Å². The van der Waals surface area contributed by atoms with Crippen molar-refractivity contribution in [1.29, 1.82) is 0 Å². The molecule has 3 fully saturated rings. The number of nitrogens with zero attached hydrogens (tertiary/aromatic N) is 1. The molecule has 1 saturated heterocycles. The predicted molar refractivity (Wildman–Crippen MR) is 84.3 cm³/mol. The highest BCUT2D eigenvalue weighted by atomic mass is 16.7. The van der Waals surface area contributed by atoms with Crippen molar-refractivity contribution in [1.82, 2.24) is 10.2 Å². The molecule has 1 aliphatic heterocycles. The van der Waals surface area contributed by atoms with Crippen LogP contribution in [-0.4, -0.2) is 55.6 Å². The molecule has 0 aromatic rings. The molecule has 3 rings (SSSR count). The minimum Gasteiger partial charge on any atom is -0.347 e. The molecule has 0 bridgehead atoms. The lowest BCUT2D eigenvalue weighted by atomic mass is 9.84. The summed E-state index contributed by atoms with van der Waals surface area (Å²) in [6.45, 7) is 7.28. The van der Waals surface area contributed by atoms with Crippen molar-refractivity contribution in [3.05, 3.63) is 0 Å². The van der Waals surface area contributed by atoms with Gasteiger partial charge in [0.05, 0.1) is 13.2 Å². The first kappa shape index (κ1) is 15.7. The maximum atomic E-state index is 5.99. The predicted octanol–water partition coefficient (Wildman–Crippen LogP) is 2.38. The zero-order valence-corrected chi connectivity index (χ0v) is 13.9. The second-order valence-corrected chi connectivity index (χ2v) is 7.22. The van der Waals surface area contributed by atoms with Crippen LogP contribution >= 0.6 is 0 Å². The fourth-order valence-electron chi connectivity index (χ4n) is 4.10. The van der Waals surface area contributed by atoms with Crippen LogP contribution in [0.2, 0.25) is 0 Å². The zero-order chi connectivity index (χ0) is 14.9. The van der Waals surface area contributed by atoms with E-state index < -0.39 is 0 Å². The lowest BCUT2D eigenvalue weighted by Crippen LogP contribution is -2.58. The van der Waals surface area contributed by atoms with Crippen molar-refractivity contribution in [3.63, 3.8) is 0 Å². The van der Waals surface area contributed by atoms with Crippen LogP contribution in [0.15, 0.2) is 0 Å². The molecule has 122 valence electrons. The van der Waals surface area contributed by atoms with Crippen LogP contribution < -0.4 is 5.32 Å². The van der Waals surface area contributed by atoms with Crippen molar-refractivity contribution < 1.29 is 9.47 Å². The maximum Gasteiger partial charge on any atom is 0.170 e. The highest BCUT2D eigenvalue weighted by Gasteiger charge is 2.47. The summed E-state index contributed by atoms with van der Waals surface area (Å²) in [5, 5.41) is 3.77. The fraction of sp³-hybridized carbons (Fsp3) is 1.00. The van der Waals surface area contributed by atoms with Gasteiger partial charge in [-0.25, -0.2) is 0 Å². The summed E-state index contributed by atoms with van der Waals surface area (Å²) in [6, 6.07) is 1.78. The summed E-state index contributed by atoms with van der Waals surface area (Å²) >= 11 is 0. The first-order valence-electron chi connectivity index (χ1n) is 8.88. The van der Waals surface area contributed by atoms with E-state index in [1.165, 1.54) is 19.3 Å². The third kappa shape index (κ3) is 3.44. The molecule has 3 atom stereocenters. The Bertz CT molecular complexity index is 340. The summed E-state index contributed by atoms with van der Waals surface area (Å²) in [5.74, 6) is 0.622. The molecular weight excluding hydrogens is 264 g/mol. The van der Waals surface area contributed by atoms with Gasteiger partial charge in [0, 0.05) is 31.0 Å². The topological polar surface area (TPSA) is 33.7 Å². The van der Waals surface area contributed by atoms with E-state index in [9.17, 15) is 0 Å². The fourth-order valence-corrected chi connectivity index (χ4v) is 4.10. The Morgan fingerprint density at radius 2 is 1.95 bits per heavy atom. The van der Waals surface area contributed by atoms with Crippen molar-refractivity contribution in [3.8, 4) is 0 Å². The lowest BCUT2D eigenvalue weighted by Gasteiger charge is -2.47. The van der Waals surface area contributed by atoms with E-state index in [1.54, 1.807) is 0 Å². The van der Waals surface area contributed by atoms with Crippen LogP contribution in [0.25, 0.3) is 0 Å². The molecule has 0 aromatic carbocycles. The molecular formula is C17H32N2O2. The van der Waals surface area contributed by atoms with E-state index in [1.807, 2.05) is 0 Å². The first-order valence-corrected chi connectivity index (χ1v) is 8.88. The van der Waals surface area contributed by atoms with Gasteiger partial charge in [-0.15, -0.1) is 0 Å². The highest BCUT2D eigenvalue weighted by Crippen LogP contribution is 2.41. The molecule has 4 nitrogen and oxygen atoms in total. The van der Waals surface area contributed by atoms with Crippen LogP contribution in [0.1, 0.15) is 52.4 Å². The standard InChI is InChI=1S/C17H32N2O2/c1-4-9-18-15-7-8-17(20-10-11-21-17)12-16(15)19(3)13(2)14-5-6-14/h13-16,18H,4-12H2,1-3H3. The minimum absolute atomic E-state index is 0.285. The van der Waals surface area contributed by atoms with Crippen LogP contribution in [0.3, 0.4) is 0 Å². The van der Waals surface area contributed by atoms with Crippen LogP contribution in [0.5, 0.6) is 0 Å². The lowest BCUT2D eigenvalue weighted by molar-refractivity contribution is -0.194. The third-order valence-corrected chi connectivity index (χ3v) is 5.76. The van der Waals surface area contributed by atoms with Crippen LogP contribution in [0.4, 0.5) is 0 Å². The van der Waals surface area contributed by atoms with E-state index in [0.717, 1.165) is 44.9 Å². The van der Waals surface area contributed by atoms with Gasteiger partial charge < -0.3 is 14.8 Å². The molecule has 2 saturated carbocycles. The van der Waals surface area contributed by atoms with E-state index >= 15 is 0 Å². The maximum absolute atomic E-state index is 5.99. The van der Waals surface area contributed by atoms with Crippen molar-refractivity contribution in [2.24, 2.45) is 5.92 Å². The Morgan fingerprint density at radius 1 is 1.24 bits per heavy atom. The average Bonchev–Trinajstić information content (AvgIpc) is 3.26. The molecule has 1 heterocycles. The van der Waals surface area contributed by atoms with E-state index in [0.29, 0.717) is 18.1 Å². The second kappa shape index (κ2) is 6.53. The largest absolute Gasteiger partial charge is 0.347 e. The molecule has 0 aromatic heterocycles. The molecule has 0 amide bonds. The SMILES string of the molecule is CCCNC1CCC2(CC1N(C)C(C)C1CC1)OCCO2. The van der Waals surface area contributed by atoms with Gasteiger partial charge in [0.15, 0.2) is 5.79 Å². The van der Waals surface area contributed by atoms with Gasteiger partial charge in [0.1, 0.15) is 0 Å². The average molecular weight is 296 g/mol. The smallest absolute Gasteiger partial charge is 0.170 e. The van der Waals surface area contributed by atoms with Gasteiger partial charge in [0.2, 0.25) is 0 Å². The number of hydrogen-bond donors (Lipinski definition) is 1. The summed E-state index contributed by atoms with van der Waals surface area (Å²) in [7, 11) is 2.31. The van der Waals surface area contributed by atoms with Crippen molar-refractivity contribution in [2.45, 2.75) is 76.3 Å². The number of likely N-dealkylation sites (N-methyl/N-ethyl adjacent to an activating group) is 1. The minimum atomic E-state index is -0.285. The second-order valence-electron chi connectivity index (χ2n) is 7.22. The van der Waals surface area contributed by atoms with E-state index in [4.69, 9.17) is 9.47 Å². The molecule has 21 heavy (non-hydrogen) atoms. The normalized spacial score (nSPS) is 33.7.